The molecular weight excluding hydrogens is 238 g/mol. The van der Waals surface area contributed by atoms with Crippen molar-refractivity contribution in [1.82, 2.24) is 14.9 Å². The molecule has 4 nitrogen and oxygen atoms in total. The van der Waals surface area contributed by atoms with Gasteiger partial charge in [-0.2, -0.15) is 0 Å². The molecule has 1 aromatic carbocycles. The van der Waals surface area contributed by atoms with E-state index in [1.165, 1.54) is 23.9 Å². The van der Waals surface area contributed by atoms with Gasteiger partial charge in [0.25, 0.3) is 0 Å². The average molecular weight is 259 g/mol. The maximum absolute atomic E-state index is 5.05. The fraction of sp³-hybridized carbons (Fsp3) is 0.533. The summed E-state index contributed by atoms with van der Waals surface area (Å²) in [5.41, 5.74) is 3.67. The molecule has 0 saturated heterocycles. The Morgan fingerprint density at radius 2 is 2.26 bits per heavy atom. The standard InChI is InChI=1S/C15H21N3O/c1-11-3-6-14-13(9-11)17-15(10-16-7-8-19-2)18(14)12-4-5-12/h3,6,9,12,16H,4-5,7-8,10H2,1-2H3. The molecule has 1 N–H and O–H groups in total. The third kappa shape index (κ3) is 2.65. The van der Waals surface area contributed by atoms with Crippen LogP contribution in [-0.2, 0) is 11.3 Å². The maximum atomic E-state index is 5.05. The van der Waals surface area contributed by atoms with Gasteiger partial charge in [-0.15, -0.1) is 0 Å². The predicted octanol–water partition coefficient (Wildman–Crippen LogP) is 2.42. The average Bonchev–Trinajstić information content (AvgIpc) is 3.16. The third-order valence-corrected chi connectivity index (χ3v) is 3.60. The van der Waals surface area contributed by atoms with Gasteiger partial charge in [-0.25, -0.2) is 4.98 Å². The number of fused-ring (bicyclic) bond motifs is 1. The van der Waals surface area contributed by atoms with Crippen molar-refractivity contribution in [3.05, 3.63) is 29.6 Å². The Balaban J connectivity index is 1.87. The first-order chi connectivity index (χ1) is 9.29. The highest BCUT2D eigenvalue weighted by molar-refractivity contribution is 5.77. The van der Waals surface area contributed by atoms with Gasteiger partial charge in [0.1, 0.15) is 5.82 Å². The van der Waals surface area contributed by atoms with Crippen LogP contribution in [0, 0.1) is 6.92 Å². The van der Waals surface area contributed by atoms with E-state index in [-0.39, 0.29) is 0 Å². The lowest BCUT2D eigenvalue weighted by molar-refractivity contribution is 0.199. The lowest BCUT2D eigenvalue weighted by atomic mass is 10.2. The van der Waals surface area contributed by atoms with Crippen molar-refractivity contribution in [1.29, 1.82) is 0 Å². The van der Waals surface area contributed by atoms with Crippen molar-refractivity contribution in [2.75, 3.05) is 20.3 Å². The number of methoxy groups -OCH3 is 1. The van der Waals surface area contributed by atoms with E-state index in [1.807, 2.05) is 0 Å². The number of nitrogens with one attached hydrogen (secondary N) is 1. The number of hydrogen-bond donors (Lipinski definition) is 1. The van der Waals surface area contributed by atoms with Crippen LogP contribution in [0.2, 0.25) is 0 Å². The van der Waals surface area contributed by atoms with E-state index in [0.29, 0.717) is 6.04 Å². The molecule has 2 aromatic rings. The van der Waals surface area contributed by atoms with Gasteiger partial charge in [-0.3, -0.25) is 0 Å². The quantitative estimate of drug-likeness (QED) is 0.810. The van der Waals surface area contributed by atoms with E-state index in [0.717, 1.165) is 31.0 Å². The van der Waals surface area contributed by atoms with Crippen molar-refractivity contribution >= 4 is 11.0 Å². The van der Waals surface area contributed by atoms with Gasteiger partial charge in [0.15, 0.2) is 0 Å². The molecule has 19 heavy (non-hydrogen) atoms. The zero-order chi connectivity index (χ0) is 13.2. The van der Waals surface area contributed by atoms with Crippen molar-refractivity contribution in [2.24, 2.45) is 0 Å². The highest BCUT2D eigenvalue weighted by Gasteiger charge is 2.27. The minimum Gasteiger partial charge on any atom is -0.383 e. The lowest BCUT2D eigenvalue weighted by Gasteiger charge is -2.08. The number of aromatic nitrogens is 2. The van der Waals surface area contributed by atoms with Gasteiger partial charge in [0.2, 0.25) is 0 Å². The van der Waals surface area contributed by atoms with E-state index >= 15 is 0 Å². The summed E-state index contributed by atoms with van der Waals surface area (Å²) in [4.78, 5) is 4.79. The fourth-order valence-corrected chi connectivity index (χ4v) is 2.50. The van der Waals surface area contributed by atoms with E-state index in [2.05, 4.69) is 35.0 Å². The fourth-order valence-electron chi connectivity index (χ4n) is 2.50. The Kier molecular flexibility index (Phi) is 3.53. The smallest absolute Gasteiger partial charge is 0.124 e. The number of rotatable bonds is 6. The van der Waals surface area contributed by atoms with Crippen LogP contribution in [0.15, 0.2) is 18.2 Å². The highest BCUT2D eigenvalue weighted by atomic mass is 16.5. The molecule has 0 unspecified atom stereocenters. The summed E-state index contributed by atoms with van der Waals surface area (Å²) in [6, 6.07) is 7.21. The van der Waals surface area contributed by atoms with Crippen LogP contribution in [0.5, 0.6) is 0 Å². The lowest BCUT2D eigenvalue weighted by Crippen LogP contribution is -2.21. The SMILES string of the molecule is COCCNCc1nc2cc(C)ccc2n1C1CC1. The molecule has 1 aliphatic carbocycles. The molecule has 1 fully saturated rings. The molecule has 102 valence electrons. The molecule has 1 aliphatic rings. The van der Waals surface area contributed by atoms with Crippen LogP contribution >= 0.6 is 0 Å². The van der Waals surface area contributed by atoms with Crippen LogP contribution in [0.1, 0.15) is 30.3 Å². The molecule has 1 aromatic heterocycles. The normalized spacial score (nSPS) is 15.3. The van der Waals surface area contributed by atoms with E-state index in [1.54, 1.807) is 7.11 Å². The van der Waals surface area contributed by atoms with E-state index in [4.69, 9.17) is 9.72 Å². The Morgan fingerprint density at radius 3 is 3.00 bits per heavy atom. The van der Waals surface area contributed by atoms with Crippen molar-refractivity contribution in [3.8, 4) is 0 Å². The summed E-state index contributed by atoms with van der Waals surface area (Å²) >= 11 is 0. The van der Waals surface area contributed by atoms with Crippen LogP contribution in [0.4, 0.5) is 0 Å². The summed E-state index contributed by atoms with van der Waals surface area (Å²) in [6.07, 6.45) is 2.56. The monoisotopic (exact) mass is 259 g/mol. The third-order valence-electron chi connectivity index (χ3n) is 3.60. The first-order valence-corrected chi connectivity index (χ1v) is 6.96. The molecule has 4 heteroatoms. The summed E-state index contributed by atoms with van der Waals surface area (Å²) in [5, 5.41) is 3.39. The molecule has 0 aliphatic heterocycles. The molecule has 0 atom stereocenters. The highest BCUT2D eigenvalue weighted by Crippen LogP contribution is 2.38. The zero-order valence-corrected chi connectivity index (χ0v) is 11.6. The van der Waals surface area contributed by atoms with E-state index < -0.39 is 0 Å². The second-order valence-electron chi connectivity index (χ2n) is 5.29. The number of aryl methyl sites for hydroxylation is 1. The Hall–Kier alpha value is -1.39. The predicted molar refractivity (Wildman–Crippen MR) is 76.3 cm³/mol. The minimum atomic E-state index is 0.659. The Bertz CT molecular complexity index is 572. The van der Waals surface area contributed by atoms with Crippen molar-refractivity contribution in [2.45, 2.75) is 32.4 Å². The topological polar surface area (TPSA) is 39.1 Å². The number of nitrogens with zero attached hydrogens (tertiary/aromatic N) is 2. The largest absolute Gasteiger partial charge is 0.383 e. The molecule has 0 spiro atoms. The number of benzene rings is 1. The summed E-state index contributed by atoms with van der Waals surface area (Å²) in [5.74, 6) is 1.15. The Labute approximate surface area is 113 Å². The summed E-state index contributed by atoms with van der Waals surface area (Å²) in [6.45, 7) is 4.53. The van der Waals surface area contributed by atoms with Crippen molar-refractivity contribution < 1.29 is 4.74 Å². The van der Waals surface area contributed by atoms with E-state index in [9.17, 15) is 0 Å². The molecule has 1 saturated carbocycles. The van der Waals surface area contributed by atoms with Gasteiger partial charge in [0, 0.05) is 19.7 Å². The second-order valence-corrected chi connectivity index (χ2v) is 5.29. The molecule has 0 amide bonds. The first-order valence-electron chi connectivity index (χ1n) is 6.96. The van der Waals surface area contributed by atoms with Crippen LogP contribution < -0.4 is 5.32 Å². The number of ether oxygens (including phenoxy) is 1. The van der Waals surface area contributed by atoms with Crippen LogP contribution in [0.25, 0.3) is 11.0 Å². The first kappa shape index (κ1) is 12.6. The minimum absolute atomic E-state index is 0.659. The van der Waals surface area contributed by atoms with Gasteiger partial charge in [0.05, 0.1) is 24.2 Å². The zero-order valence-electron chi connectivity index (χ0n) is 11.6. The molecular formula is C15H21N3O. The van der Waals surface area contributed by atoms with Crippen LogP contribution in [0.3, 0.4) is 0 Å². The van der Waals surface area contributed by atoms with Crippen molar-refractivity contribution in [3.63, 3.8) is 0 Å². The second kappa shape index (κ2) is 5.31. The van der Waals surface area contributed by atoms with Gasteiger partial charge < -0.3 is 14.6 Å². The molecule has 3 rings (SSSR count). The molecule has 0 radical (unpaired) electrons. The number of imidazole rings is 1. The maximum Gasteiger partial charge on any atom is 0.124 e. The summed E-state index contributed by atoms with van der Waals surface area (Å²) in [7, 11) is 1.73. The van der Waals surface area contributed by atoms with Gasteiger partial charge in [-0.1, -0.05) is 6.07 Å². The molecule has 1 heterocycles. The number of hydrogen-bond acceptors (Lipinski definition) is 3. The molecule has 0 bridgehead atoms. The summed E-state index contributed by atoms with van der Waals surface area (Å²) < 4.78 is 7.47. The van der Waals surface area contributed by atoms with Gasteiger partial charge >= 0.3 is 0 Å². The Morgan fingerprint density at radius 1 is 1.42 bits per heavy atom. The van der Waals surface area contributed by atoms with Crippen LogP contribution in [-0.4, -0.2) is 29.8 Å². The van der Waals surface area contributed by atoms with Gasteiger partial charge in [-0.05, 0) is 37.5 Å².